The molecule has 1 aromatic rings. The highest BCUT2D eigenvalue weighted by Gasteiger charge is 2.12. The normalized spacial score (nSPS) is 12.2. The molecule has 1 unspecified atom stereocenters. The summed E-state index contributed by atoms with van der Waals surface area (Å²) in [4.78, 5) is 12.0. The minimum Gasteiger partial charge on any atom is -0.464 e. The van der Waals surface area contributed by atoms with Crippen LogP contribution in [0.3, 0.4) is 0 Å². The smallest absolute Gasteiger partial charge is 0.252 e. The second-order valence-corrected chi connectivity index (χ2v) is 4.52. The summed E-state index contributed by atoms with van der Waals surface area (Å²) in [5, 5.41) is -0.493. The first kappa shape index (κ1) is 14.4. The Kier molecular flexibility index (Phi) is 5.82. The van der Waals surface area contributed by atoms with Gasteiger partial charge in [-0.15, -0.1) is 11.8 Å². The number of ether oxygens (including phenoxy) is 2. The number of hydrogen-bond donors (Lipinski definition) is 0. The largest absolute Gasteiger partial charge is 0.464 e. The standard InChI is InChI=1S/C12H15ClO3S/c1-4-11(15-2)16-9-7-8(12(13)14)5-6-10(9)17-3/h5-7,11H,4H2,1-3H3. The number of benzene rings is 1. The number of halogens is 1. The van der Waals surface area contributed by atoms with Crippen LogP contribution >= 0.6 is 23.4 Å². The van der Waals surface area contributed by atoms with Gasteiger partial charge in [-0.3, -0.25) is 4.79 Å². The number of carbonyl (C=O) groups is 1. The molecule has 0 aliphatic rings. The van der Waals surface area contributed by atoms with Gasteiger partial charge in [-0.2, -0.15) is 0 Å². The van der Waals surface area contributed by atoms with E-state index in [1.807, 2.05) is 19.2 Å². The number of carbonyl (C=O) groups excluding carboxylic acids is 1. The van der Waals surface area contributed by atoms with Crippen LogP contribution in [0.1, 0.15) is 23.7 Å². The zero-order valence-corrected chi connectivity index (χ0v) is 11.6. The molecule has 0 amide bonds. The molecular weight excluding hydrogens is 260 g/mol. The summed E-state index contributed by atoms with van der Waals surface area (Å²) in [5.74, 6) is 0.623. The third-order valence-corrected chi connectivity index (χ3v) is 3.24. The topological polar surface area (TPSA) is 35.5 Å². The molecule has 0 aromatic heterocycles. The minimum atomic E-state index is -0.493. The van der Waals surface area contributed by atoms with Crippen molar-refractivity contribution in [1.82, 2.24) is 0 Å². The van der Waals surface area contributed by atoms with E-state index in [1.165, 1.54) is 0 Å². The van der Waals surface area contributed by atoms with E-state index in [2.05, 4.69) is 0 Å². The Balaban J connectivity index is 3.01. The fourth-order valence-corrected chi connectivity index (χ4v) is 1.96. The lowest BCUT2D eigenvalue weighted by atomic mass is 10.2. The molecule has 0 bridgehead atoms. The fourth-order valence-electron chi connectivity index (χ4n) is 1.33. The average Bonchev–Trinajstić information content (AvgIpc) is 2.35. The average molecular weight is 275 g/mol. The Hall–Kier alpha value is -0.710. The SMILES string of the molecule is CCC(OC)Oc1cc(C(=O)Cl)ccc1SC. The molecule has 3 nitrogen and oxygen atoms in total. The van der Waals surface area contributed by atoms with Crippen molar-refractivity contribution in [1.29, 1.82) is 0 Å². The third-order valence-electron chi connectivity index (χ3n) is 2.25. The Morgan fingerprint density at radius 1 is 1.53 bits per heavy atom. The van der Waals surface area contributed by atoms with Crippen LogP contribution in [-0.4, -0.2) is 24.9 Å². The first-order chi connectivity index (χ1) is 8.12. The van der Waals surface area contributed by atoms with Gasteiger partial charge in [-0.05, 0) is 36.1 Å². The zero-order valence-electron chi connectivity index (χ0n) is 10.0. The summed E-state index contributed by atoms with van der Waals surface area (Å²) >= 11 is 6.99. The maximum Gasteiger partial charge on any atom is 0.252 e. The van der Waals surface area contributed by atoms with E-state index in [0.717, 1.165) is 11.3 Å². The van der Waals surface area contributed by atoms with Crippen molar-refractivity contribution in [2.24, 2.45) is 0 Å². The first-order valence-electron chi connectivity index (χ1n) is 5.19. The third kappa shape index (κ3) is 3.91. The zero-order chi connectivity index (χ0) is 12.8. The van der Waals surface area contributed by atoms with Crippen LogP contribution < -0.4 is 4.74 Å². The lowest BCUT2D eigenvalue weighted by Crippen LogP contribution is -2.17. The summed E-state index contributed by atoms with van der Waals surface area (Å²) in [5.41, 5.74) is 0.422. The van der Waals surface area contributed by atoms with Crippen LogP contribution in [0, 0.1) is 0 Å². The van der Waals surface area contributed by atoms with Crippen molar-refractivity contribution in [3.63, 3.8) is 0 Å². The molecule has 1 rings (SSSR count). The quantitative estimate of drug-likeness (QED) is 0.451. The van der Waals surface area contributed by atoms with Crippen molar-refractivity contribution in [3.8, 4) is 5.75 Å². The molecule has 17 heavy (non-hydrogen) atoms. The molecule has 0 aliphatic carbocycles. The van der Waals surface area contributed by atoms with Gasteiger partial charge in [0.1, 0.15) is 5.75 Å². The Morgan fingerprint density at radius 2 is 2.24 bits per heavy atom. The van der Waals surface area contributed by atoms with Crippen molar-refractivity contribution < 1.29 is 14.3 Å². The number of hydrogen-bond acceptors (Lipinski definition) is 4. The predicted molar refractivity (Wildman–Crippen MR) is 70.1 cm³/mol. The van der Waals surface area contributed by atoms with E-state index in [9.17, 15) is 4.79 Å². The molecule has 0 heterocycles. The molecule has 0 spiro atoms. The summed E-state index contributed by atoms with van der Waals surface area (Å²) in [6.07, 6.45) is 2.35. The Bertz CT molecular complexity index is 391. The van der Waals surface area contributed by atoms with Crippen molar-refractivity contribution in [2.75, 3.05) is 13.4 Å². The fraction of sp³-hybridized carbons (Fsp3) is 0.417. The van der Waals surface area contributed by atoms with E-state index in [-0.39, 0.29) is 6.29 Å². The number of rotatable bonds is 6. The highest BCUT2D eigenvalue weighted by Crippen LogP contribution is 2.30. The molecule has 0 radical (unpaired) electrons. The van der Waals surface area contributed by atoms with Crippen LogP contribution in [-0.2, 0) is 4.74 Å². The molecule has 0 saturated heterocycles. The van der Waals surface area contributed by atoms with E-state index in [4.69, 9.17) is 21.1 Å². The lowest BCUT2D eigenvalue weighted by Gasteiger charge is -2.18. The lowest BCUT2D eigenvalue weighted by molar-refractivity contribution is -0.0564. The Labute approximate surface area is 110 Å². The van der Waals surface area contributed by atoms with Gasteiger partial charge in [0.25, 0.3) is 5.24 Å². The van der Waals surface area contributed by atoms with Gasteiger partial charge in [-0.25, -0.2) is 0 Å². The number of thioether (sulfide) groups is 1. The monoisotopic (exact) mass is 274 g/mol. The first-order valence-corrected chi connectivity index (χ1v) is 6.80. The molecule has 0 aliphatic heterocycles. The minimum absolute atomic E-state index is 0.318. The van der Waals surface area contributed by atoms with Gasteiger partial charge in [0.15, 0.2) is 6.29 Å². The van der Waals surface area contributed by atoms with Crippen molar-refractivity contribution >= 4 is 28.6 Å². The molecule has 1 aromatic carbocycles. The van der Waals surface area contributed by atoms with Gasteiger partial charge in [0, 0.05) is 24.0 Å². The molecule has 1 atom stereocenters. The molecule has 0 N–H and O–H groups in total. The second-order valence-electron chi connectivity index (χ2n) is 3.33. The molecule has 0 fully saturated rings. The van der Waals surface area contributed by atoms with E-state index in [0.29, 0.717) is 11.3 Å². The van der Waals surface area contributed by atoms with Crippen LogP contribution in [0.15, 0.2) is 23.1 Å². The van der Waals surface area contributed by atoms with Gasteiger partial charge in [0.2, 0.25) is 0 Å². The van der Waals surface area contributed by atoms with Crippen LogP contribution in [0.25, 0.3) is 0 Å². The summed E-state index contributed by atoms with van der Waals surface area (Å²) in [6, 6.07) is 5.14. The molecule has 0 saturated carbocycles. The predicted octanol–water partition coefficient (Wildman–Crippen LogP) is 3.55. The van der Waals surface area contributed by atoms with E-state index < -0.39 is 5.24 Å². The van der Waals surface area contributed by atoms with Gasteiger partial charge < -0.3 is 9.47 Å². The summed E-state index contributed by atoms with van der Waals surface area (Å²) < 4.78 is 10.8. The van der Waals surface area contributed by atoms with Crippen molar-refractivity contribution in [3.05, 3.63) is 23.8 Å². The van der Waals surface area contributed by atoms with Gasteiger partial charge in [-0.1, -0.05) is 6.92 Å². The van der Waals surface area contributed by atoms with E-state index in [1.54, 1.807) is 31.0 Å². The van der Waals surface area contributed by atoms with Crippen LogP contribution in [0.5, 0.6) is 5.75 Å². The van der Waals surface area contributed by atoms with E-state index >= 15 is 0 Å². The molecular formula is C12H15ClO3S. The second kappa shape index (κ2) is 6.89. The van der Waals surface area contributed by atoms with Gasteiger partial charge in [0.05, 0.1) is 0 Å². The van der Waals surface area contributed by atoms with Crippen LogP contribution in [0.4, 0.5) is 0 Å². The van der Waals surface area contributed by atoms with Crippen molar-refractivity contribution in [2.45, 2.75) is 24.5 Å². The maximum absolute atomic E-state index is 11.1. The Morgan fingerprint density at radius 3 is 2.71 bits per heavy atom. The molecule has 5 heteroatoms. The van der Waals surface area contributed by atoms with Crippen LogP contribution in [0.2, 0.25) is 0 Å². The summed E-state index contributed by atoms with van der Waals surface area (Å²) in [7, 11) is 1.59. The highest BCUT2D eigenvalue weighted by atomic mass is 35.5. The number of methoxy groups -OCH3 is 1. The highest BCUT2D eigenvalue weighted by molar-refractivity contribution is 7.98. The van der Waals surface area contributed by atoms with Gasteiger partial charge >= 0.3 is 0 Å². The maximum atomic E-state index is 11.1. The molecule has 94 valence electrons. The summed E-state index contributed by atoms with van der Waals surface area (Å²) in [6.45, 7) is 1.96.